The van der Waals surface area contributed by atoms with Gasteiger partial charge in [-0.3, -0.25) is 0 Å². The molecule has 2 aromatic rings. The molecule has 0 unspecified atom stereocenters. The van der Waals surface area contributed by atoms with Gasteiger partial charge < -0.3 is 9.47 Å². The Morgan fingerprint density at radius 1 is 1.04 bits per heavy atom. The Labute approximate surface area is 153 Å². The van der Waals surface area contributed by atoms with E-state index in [0.717, 1.165) is 18.4 Å². The second kappa shape index (κ2) is 6.86. The molecule has 1 saturated carbocycles. The van der Waals surface area contributed by atoms with Crippen LogP contribution < -0.4 is 14.2 Å². The first-order valence-electron chi connectivity index (χ1n) is 7.88. The Bertz CT molecular complexity index is 861. The van der Waals surface area contributed by atoms with Gasteiger partial charge in [0, 0.05) is 23.0 Å². The largest absolute Gasteiger partial charge is 0.493 e. The normalized spacial score (nSPS) is 15.6. The van der Waals surface area contributed by atoms with Gasteiger partial charge in [-0.2, -0.15) is 0 Å². The van der Waals surface area contributed by atoms with Crippen molar-refractivity contribution in [1.29, 1.82) is 0 Å². The molecule has 0 bridgehead atoms. The van der Waals surface area contributed by atoms with Gasteiger partial charge >= 0.3 is 0 Å². The summed E-state index contributed by atoms with van der Waals surface area (Å²) in [5.41, 5.74) is 0.959. The number of hydrogen-bond acceptors (Lipinski definition) is 4. The summed E-state index contributed by atoms with van der Waals surface area (Å²) in [5.74, 6) is 0.866. The van der Waals surface area contributed by atoms with E-state index >= 15 is 0 Å². The van der Waals surface area contributed by atoms with E-state index in [0.29, 0.717) is 23.1 Å². The van der Waals surface area contributed by atoms with E-state index in [-0.39, 0.29) is 10.3 Å². The molecule has 1 fully saturated rings. The van der Waals surface area contributed by atoms with E-state index in [1.807, 2.05) is 24.3 Å². The molecule has 1 N–H and O–H groups in total. The first-order valence-corrected chi connectivity index (χ1v) is 9.74. The number of benzene rings is 2. The average molecular weight is 382 g/mol. The molecular formula is C18H20ClNO4S. The third kappa shape index (κ3) is 3.76. The molecule has 0 aliphatic heterocycles. The molecule has 1 aliphatic rings. The van der Waals surface area contributed by atoms with Gasteiger partial charge in [0.05, 0.1) is 19.1 Å². The fourth-order valence-corrected chi connectivity index (χ4v) is 4.09. The lowest BCUT2D eigenvalue weighted by Gasteiger charge is -2.17. The van der Waals surface area contributed by atoms with Crippen LogP contribution in [0.3, 0.4) is 0 Å². The van der Waals surface area contributed by atoms with Crippen LogP contribution in [0.5, 0.6) is 11.5 Å². The van der Waals surface area contributed by atoms with Crippen LogP contribution in [0.25, 0.3) is 0 Å². The van der Waals surface area contributed by atoms with Gasteiger partial charge in [0.15, 0.2) is 11.5 Å². The molecule has 0 heterocycles. The molecule has 7 heteroatoms. The topological polar surface area (TPSA) is 64.6 Å². The predicted molar refractivity (Wildman–Crippen MR) is 97.1 cm³/mol. The third-order valence-electron chi connectivity index (χ3n) is 4.58. The van der Waals surface area contributed by atoms with Crippen LogP contribution in [0, 0.1) is 0 Å². The fourth-order valence-electron chi connectivity index (χ4n) is 2.82. The van der Waals surface area contributed by atoms with Gasteiger partial charge in [-0.1, -0.05) is 23.7 Å². The maximum absolute atomic E-state index is 12.6. The number of halogens is 1. The van der Waals surface area contributed by atoms with E-state index < -0.39 is 10.0 Å². The lowest BCUT2D eigenvalue weighted by atomic mass is 9.96. The van der Waals surface area contributed by atoms with Crippen molar-refractivity contribution in [3.63, 3.8) is 0 Å². The van der Waals surface area contributed by atoms with E-state index in [4.69, 9.17) is 21.1 Å². The van der Waals surface area contributed by atoms with Crippen molar-refractivity contribution in [3.05, 3.63) is 53.1 Å². The number of nitrogens with one attached hydrogen (secondary N) is 1. The highest BCUT2D eigenvalue weighted by Crippen LogP contribution is 2.48. The number of ether oxygens (including phenoxy) is 2. The predicted octanol–water partition coefficient (Wildman–Crippen LogP) is 3.37. The van der Waals surface area contributed by atoms with Crippen molar-refractivity contribution in [2.24, 2.45) is 0 Å². The number of methoxy groups -OCH3 is 2. The van der Waals surface area contributed by atoms with E-state index in [2.05, 4.69) is 4.72 Å². The van der Waals surface area contributed by atoms with Crippen molar-refractivity contribution in [3.8, 4) is 11.5 Å². The van der Waals surface area contributed by atoms with Gasteiger partial charge in [0.1, 0.15) is 0 Å². The number of hydrogen-bond donors (Lipinski definition) is 1. The van der Waals surface area contributed by atoms with E-state index in [1.165, 1.54) is 26.4 Å². The maximum Gasteiger partial charge on any atom is 0.240 e. The zero-order valence-corrected chi connectivity index (χ0v) is 15.7. The van der Waals surface area contributed by atoms with Crippen LogP contribution in [0.2, 0.25) is 5.02 Å². The lowest BCUT2D eigenvalue weighted by Crippen LogP contribution is -2.32. The molecule has 5 nitrogen and oxygen atoms in total. The third-order valence-corrected chi connectivity index (χ3v) is 6.23. The highest BCUT2D eigenvalue weighted by molar-refractivity contribution is 7.89. The molecule has 0 radical (unpaired) electrons. The summed E-state index contributed by atoms with van der Waals surface area (Å²) in [6, 6.07) is 12.1. The van der Waals surface area contributed by atoms with Crippen LogP contribution >= 0.6 is 11.6 Å². The fraction of sp³-hybridized carbons (Fsp3) is 0.333. The molecule has 0 spiro atoms. The van der Waals surface area contributed by atoms with Crippen LogP contribution in [-0.4, -0.2) is 29.2 Å². The minimum Gasteiger partial charge on any atom is -0.493 e. The Hall–Kier alpha value is -1.76. The van der Waals surface area contributed by atoms with Gasteiger partial charge in [-0.05, 0) is 42.7 Å². The van der Waals surface area contributed by atoms with Crippen molar-refractivity contribution in [1.82, 2.24) is 4.72 Å². The standard InChI is InChI=1S/C18H20ClNO4S/c1-23-16-8-7-15(11-17(16)24-2)25(21,22)20-12-18(9-10-18)13-3-5-14(19)6-4-13/h3-8,11,20H,9-10,12H2,1-2H3. The van der Waals surface area contributed by atoms with Crippen LogP contribution in [0.1, 0.15) is 18.4 Å². The average Bonchev–Trinajstić information content (AvgIpc) is 3.41. The Kier molecular flexibility index (Phi) is 4.95. The van der Waals surface area contributed by atoms with Gasteiger partial charge in [0.2, 0.25) is 10.0 Å². The van der Waals surface area contributed by atoms with E-state index in [1.54, 1.807) is 6.07 Å². The first kappa shape index (κ1) is 18.0. The minimum absolute atomic E-state index is 0.145. The van der Waals surface area contributed by atoms with Crippen LogP contribution in [0.4, 0.5) is 0 Å². The zero-order chi connectivity index (χ0) is 18.1. The van der Waals surface area contributed by atoms with Crippen molar-refractivity contribution < 1.29 is 17.9 Å². The summed E-state index contributed by atoms with van der Waals surface area (Å²) >= 11 is 5.93. The monoisotopic (exact) mass is 381 g/mol. The Balaban J connectivity index is 1.77. The zero-order valence-electron chi connectivity index (χ0n) is 14.1. The maximum atomic E-state index is 12.6. The van der Waals surface area contributed by atoms with Crippen LogP contribution in [-0.2, 0) is 15.4 Å². The summed E-state index contributed by atoms with van der Waals surface area (Å²) in [4.78, 5) is 0.150. The smallest absolute Gasteiger partial charge is 0.240 e. The minimum atomic E-state index is -3.64. The van der Waals surface area contributed by atoms with Gasteiger partial charge in [-0.25, -0.2) is 13.1 Å². The van der Waals surface area contributed by atoms with Gasteiger partial charge in [0.25, 0.3) is 0 Å². The van der Waals surface area contributed by atoms with Crippen molar-refractivity contribution in [2.75, 3.05) is 20.8 Å². The molecule has 2 aromatic carbocycles. The summed E-state index contributed by atoms with van der Waals surface area (Å²) in [7, 11) is -0.658. The number of rotatable bonds is 7. The molecule has 25 heavy (non-hydrogen) atoms. The number of sulfonamides is 1. The highest BCUT2D eigenvalue weighted by Gasteiger charge is 2.44. The second-order valence-electron chi connectivity index (χ2n) is 6.13. The molecule has 0 saturated heterocycles. The molecule has 0 amide bonds. The highest BCUT2D eigenvalue weighted by atomic mass is 35.5. The summed E-state index contributed by atoms with van der Waals surface area (Å²) < 4.78 is 38.3. The quantitative estimate of drug-likeness (QED) is 0.798. The molecule has 134 valence electrons. The first-order chi connectivity index (χ1) is 11.9. The van der Waals surface area contributed by atoms with Gasteiger partial charge in [-0.15, -0.1) is 0 Å². The molecule has 1 aliphatic carbocycles. The molecular weight excluding hydrogens is 362 g/mol. The Morgan fingerprint density at radius 2 is 1.68 bits per heavy atom. The van der Waals surface area contributed by atoms with Crippen LogP contribution in [0.15, 0.2) is 47.4 Å². The molecule has 3 rings (SSSR count). The summed E-state index contributed by atoms with van der Waals surface area (Å²) in [6.07, 6.45) is 1.90. The van der Waals surface area contributed by atoms with Crippen molar-refractivity contribution >= 4 is 21.6 Å². The summed E-state index contributed by atoms with van der Waals surface area (Å²) in [5, 5.41) is 0.672. The Morgan fingerprint density at radius 3 is 2.24 bits per heavy atom. The van der Waals surface area contributed by atoms with Crippen molar-refractivity contribution in [2.45, 2.75) is 23.2 Å². The second-order valence-corrected chi connectivity index (χ2v) is 8.33. The lowest BCUT2D eigenvalue weighted by molar-refractivity contribution is 0.354. The summed E-state index contributed by atoms with van der Waals surface area (Å²) in [6.45, 7) is 0.352. The molecule has 0 atom stereocenters. The SMILES string of the molecule is COc1ccc(S(=O)(=O)NCC2(c3ccc(Cl)cc3)CC2)cc1OC. The molecule has 0 aromatic heterocycles. The van der Waals surface area contributed by atoms with E-state index in [9.17, 15) is 8.42 Å².